The van der Waals surface area contributed by atoms with Gasteiger partial charge in [0.2, 0.25) is 0 Å². The molecule has 0 aliphatic rings. The summed E-state index contributed by atoms with van der Waals surface area (Å²) in [6.07, 6.45) is 1.45. The van der Waals surface area contributed by atoms with Crippen LogP contribution in [0.4, 0.5) is 9.59 Å². The van der Waals surface area contributed by atoms with E-state index in [-0.39, 0.29) is 0 Å². The molecule has 0 aliphatic heterocycles. The quantitative estimate of drug-likeness (QED) is 0.285. The molecular formula is C17H36N2O4Si2. The molecule has 0 bridgehead atoms. The van der Waals surface area contributed by atoms with Gasteiger partial charge in [-0.25, -0.2) is 9.59 Å². The van der Waals surface area contributed by atoms with Gasteiger partial charge in [0.25, 0.3) is 16.6 Å². The fraction of sp³-hybridized carbons (Fsp3) is 0.882. The standard InChI is InChI=1S/C17H36N2O4Si2/c1-7-13-25(14-8-2,15-9-3)23-17(21)19-18-16(20)22-24(10-4,11-5)12-6/h7-15H2,1-6H3. The van der Waals surface area contributed by atoms with E-state index in [1.807, 2.05) is 20.8 Å². The molecule has 0 aromatic heterocycles. The number of rotatable bonds is 11. The van der Waals surface area contributed by atoms with E-state index in [1.54, 1.807) is 0 Å². The van der Waals surface area contributed by atoms with Crippen LogP contribution in [-0.4, -0.2) is 28.8 Å². The SMILES string of the molecule is CCC[Si](CCC)(CCC)OC(=O)N=NC(=O)O[Si](CC)(CC)CC. The van der Waals surface area contributed by atoms with Gasteiger partial charge < -0.3 is 8.85 Å². The lowest BCUT2D eigenvalue weighted by Gasteiger charge is -2.29. The first-order valence-corrected chi connectivity index (χ1v) is 14.8. The van der Waals surface area contributed by atoms with Crippen molar-refractivity contribution in [2.75, 3.05) is 0 Å². The lowest BCUT2D eigenvalue weighted by atomic mass is 10.6. The van der Waals surface area contributed by atoms with Crippen molar-refractivity contribution < 1.29 is 18.4 Å². The molecule has 8 heteroatoms. The molecule has 0 saturated carbocycles. The first-order valence-electron chi connectivity index (χ1n) is 9.74. The molecule has 0 atom stereocenters. The maximum Gasteiger partial charge on any atom is 0.439 e. The van der Waals surface area contributed by atoms with Crippen molar-refractivity contribution in [1.29, 1.82) is 0 Å². The molecular weight excluding hydrogens is 352 g/mol. The summed E-state index contributed by atoms with van der Waals surface area (Å²) in [6, 6.07) is 5.30. The summed E-state index contributed by atoms with van der Waals surface area (Å²) in [7, 11) is -4.23. The highest BCUT2D eigenvalue weighted by Gasteiger charge is 2.36. The summed E-state index contributed by atoms with van der Waals surface area (Å²) < 4.78 is 11.3. The van der Waals surface area contributed by atoms with Crippen molar-refractivity contribution in [1.82, 2.24) is 0 Å². The van der Waals surface area contributed by atoms with Crippen LogP contribution in [0.25, 0.3) is 0 Å². The van der Waals surface area contributed by atoms with Crippen LogP contribution in [0, 0.1) is 0 Å². The molecule has 0 unspecified atom stereocenters. The van der Waals surface area contributed by atoms with Gasteiger partial charge in [-0.1, -0.05) is 71.0 Å². The molecule has 0 N–H and O–H groups in total. The van der Waals surface area contributed by atoms with Crippen LogP contribution in [0.1, 0.15) is 60.8 Å². The molecule has 146 valence electrons. The Morgan fingerprint density at radius 2 is 0.960 bits per heavy atom. The monoisotopic (exact) mass is 388 g/mol. The van der Waals surface area contributed by atoms with Crippen molar-refractivity contribution in [2.45, 2.75) is 97.1 Å². The Morgan fingerprint density at radius 3 is 1.24 bits per heavy atom. The third-order valence-electron chi connectivity index (χ3n) is 4.87. The predicted molar refractivity (Wildman–Crippen MR) is 106 cm³/mol. The average Bonchev–Trinajstić information content (AvgIpc) is 2.59. The zero-order valence-corrected chi connectivity index (χ0v) is 18.9. The first kappa shape index (κ1) is 24.0. The fourth-order valence-electron chi connectivity index (χ4n) is 3.35. The summed E-state index contributed by atoms with van der Waals surface area (Å²) in [5.41, 5.74) is 0. The van der Waals surface area contributed by atoms with Gasteiger partial charge in [-0.15, -0.1) is 0 Å². The zero-order chi connectivity index (χ0) is 19.3. The lowest BCUT2D eigenvalue weighted by molar-refractivity contribution is 0.196. The normalized spacial score (nSPS) is 12.4. The van der Waals surface area contributed by atoms with Gasteiger partial charge in [-0.3, -0.25) is 0 Å². The van der Waals surface area contributed by atoms with Gasteiger partial charge >= 0.3 is 12.2 Å². The van der Waals surface area contributed by atoms with Crippen LogP contribution in [-0.2, 0) is 8.85 Å². The maximum atomic E-state index is 12.1. The highest BCUT2D eigenvalue weighted by atomic mass is 28.4. The summed E-state index contributed by atoms with van der Waals surface area (Å²) in [5.74, 6) is 0. The number of amides is 2. The number of nitrogens with zero attached hydrogens (tertiary/aromatic N) is 2. The van der Waals surface area contributed by atoms with E-state index in [1.165, 1.54) is 0 Å². The van der Waals surface area contributed by atoms with Gasteiger partial charge in [0.05, 0.1) is 0 Å². The van der Waals surface area contributed by atoms with E-state index < -0.39 is 28.8 Å². The second-order valence-electron chi connectivity index (χ2n) is 6.61. The van der Waals surface area contributed by atoms with E-state index in [0.29, 0.717) is 0 Å². The number of hydrogen-bond donors (Lipinski definition) is 0. The van der Waals surface area contributed by atoms with Gasteiger partial charge in [-0.2, -0.15) is 0 Å². The Labute approximate surface area is 155 Å². The van der Waals surface area contributed by atoms with E-state index in [2.05, 4.69) is 31.0 Å². The Kier molecular flexibility index (Phi) is 11.8. The van der Waals surface area contributed by atoms with E-state index in [4.69, 9.17) is 8.85 Å². The number of carbonyl (C=O) groups is 2. The lowest BCUT2D eigenvalue weighted by Crippen LogP contribution is -2.39. The average molecular weight is 389 g/mol. The second kappa shape index (κ2) is 12.3. The van der Waals surface area contributed by atoms with Crippen LogP contribution in [0.15, 0.2) is 10.2 Å². The first-order chi connectivity index (χ1) is 11.9. The predicted octanol–water partition coefficient (Wildman–Crippen LogP) is 6.89. The van der Waals surface area contributed by atoms with Crippen LogP contribution >= 0.6 is 0 Å². The minimum Gasteiger partial charge on any atom is -0.501 e. The Hall–Kier alpha value is -1.03. The highest BCUT2D eigenvalue weighted by molar-refractivity contribution is 6.75. The van der Waals surface area contributed by atoms with Gasteiger partial charge in [0.1, 0.15) is 0 Å². The van der Waals surface area contributed by atoms with Crippen molar-refractivity contribution in [2.24, 2.45) is 10.2 Å². The molecule has 0 rings (SSSR count). The Bertz CT molecular complexity index is 415. The van der Waals surface area contributed by atoms with Gasteiger partial charge in [0.15, 0.2) is 0 Å². The molecule has 0 fully saturated rings. The van der Waals surface area contributed by atoms with Gasteiger partial charge in [-0.05, 0) is 36.3 Å². The third kappa shape index (κ3) is 8.26. The molecule has 0 aromatic carbocycles. The number of azo groups is 1. The Morgan fingerprint density at radius 1 is 0.640 bits per heavy atom. The van der Waals surface area contributed by atoms with Crippen molar-refractivity contribution in [3.05, 3.63) is 0 Å². The van der Waals surface area contributed by atoms with Crippen LogP contribution in [0.5, 0.6) is 0 Å². The molecule has 2 amide bonds. The second-order valence-corrected chi connectivity index (χ2v) is 15.4. The largest absolute Gasteiger partial charge is 0.501 e. The highest BCUT2D eigenvalue weighted by Crippen LogP contribution is 2.28. The maximum absolute atomic E-state index is 12.1. The molecule has 6 nitrogen and oxygen atoms in total. The van der Waals surface area contributed by atoms with E-state index >= 15 is 0 Å². The van der Waals surface area contributed by atoms with Crippen molar-refractivity contribution in [3.8, 4) is 0 Å². The molecule has 0 aliphatic carbocycles. The number of carbonyl (C=O) groups excluding carboxylic acids is 2. The van der Waals surface area contributed by atoms with Crippen molar-refractivity contribution >= 4 is 28.8 Å². The molecule has 0 aromatic rings. The molecule has 25 heavy (non-hydrogen) atoms. The zero-order valence-electron chi connectivity index (χ0n) is 16.9. The summed E-state index contributed by atoms with van der Waals surface area (Å²) >= 11 is 0. The van der Waals surface area contributed by atoms with Crippen molar-refractivity contribution in [3.63, 3.8) is 0 Å². The van der Waals surface area contributed by atoms with E-state index in [0.717, 1.165) is 55.5 Å². The molecule has 0 spiro atoms. The third-order valence-corrected chi connectivity index (χ3v) is 14.2. The summed E-state index contributed by atoms with van der Waals surface area (Å²) in [4.78, 5) is 24.1. The van der Waals surface area contributed by atoms with Gasteiger partial charge in [0, 0.05) is 0 Å². The summed E-state index contributed by atoms with van der Waals surface area (Å²) in [6.45, 7) is 12.4. The van der Waals surface area contributed by atoms with Crippen LogP contribution in [0.3, 0.4) is 0 Å². The number of hydrogen-bond acceptors (Lipinski definition) is 4. The smallest absolute Gasteiger partial charge is 0.439 e. The van der Waals surface area contributed by atoms with E-state index in [9.17, 15) is 9.59 Å². The van der Waals surface area contributed by atoms with Crippen LogP contribution in [0.2, 0.25) is 36.3 Å². The summed E-state index contributed by atoms with van der Waals surface area (Å²) in [5, 5.41) is 6.95. The minimum absolute atomic E-state index is 0.740. The fourth-order valence-corrected chi connectivity index (χ4v) is 9.90. The molecule has 0 heterocycles. The topological polar surface area (TPSA) is 77.3 Å². The van der Waals surface area contributed by atoms with Crippen LogP contribution < -0.4 is 0 Å². The Balaban J connectivity index is 4.93. The minimum atomic E-state index is -2.14. The molecule has 0 radical (unpaired) electrons. The molecule has 0 saturated heterocycles.